The predicted octanol–water partition coefficient (Wildman–Crippen LogP) is 3.31. The van der Waals surface area contributed by atoms with Crippen molar-refractivity contribution in [1.29, 1.82) is 5.26 Å². The number of amides is 3. The van der Waals surface area contributed by atoms with Crippen LogP contribution in [0.5, 0.6) is 5.75 Å². The molecule has 3 aromatic carbocycles. The Morgan fingerprint density at radius 1 is 1.14 bits per heavy atom. The lowest BCUT2D eigenvalue weighted by Crippen LogP contribution is -2.63. The van der Waals surface area contributed by atoms with Crippen LogP contribution in [0.3, 0.4) is 0 Å². The first kappa shape index (κ1) is 24.5. The Balaban J connectivity index is 2.05. The third-order valence-electron chi connectivity index (χ3n) is 5.91. The summed E-state index contributed by atoms with van der Waals surface area (Å²) in [6.07, 6.45) is 0. The Bertz CT molecular complexity index is 1560. The zero-order valence-electron chi connectivity index (χ0n) is 18.8. The van der Waals surface area contributed by atoms with Gasteiger partial charge in [-0.25, -0.2) is 9.59 Å². The number of nitriles is 1. The summed E-state index contributed by atoms with van der Waals surface area (Å²) >= 11 is 0. The number of nitro benzene ring substituents is 1. The van der Waals surface area contributed by atoms with Crippen LogP contribution >= 0.6 is 0 Å². The molecule has 0 saturated heterocycles. The van der Waals surface area contributed by atoms with Crippen molar-refractivity contribution in [1.82, 2.24) is 3.89 Å². The van der Waals surface area contributed by atoms with E-state index in [-0.39, 0.29) is 29.1 Å². The van der Waals surface area contributed by atoms with E-state index < -0.39 is 41.6 Å². The first-order valence-corrected chi connectivity index (χ1v) is 12.0. The molecule has 2 unspecified atom stereocenters. The highest BCUT2D eigenvalue weighted by Crippen LogP contribution is 2.51. The molecular formula is C24H19N4O7S+. The smallest absolute Gasteiger partial charge is 0.442 e. The normalized spacial score (nSPS) is 18.8. The Kier molecular flexibility index (Phi) is 6.05. The molecule has 0 aliphatic carbocycles. The summed E-state index contributed by atoms with van der Waals surface area (Å²) in [6, 6.07) is 14.5. The van der Waals surface area contributed by atoms with Gasteiger partial charge in [0.05, 0.1) is 23.2 Å². The Hall–Kier alpha value is -4.60. The lowest BCUT2D eigenvalue weighted by atomic mass is 9.91. The van der Waals surface area contributed by atoms with Gasteiger partial charge in [-0.3, -0.25) is 10.1 Å². The summed E-state index contributed by atoms with van der Waals surface area (Å²) in [4.78, 5) is 37.0. The van der Waals surface area contributed by atoms with Gasteiger partial charge in [0, 0.05) is 29.3 Å². The number of sulfonamides is 1. The van der Waals surface area contributed by atoms with Crippen molar-refractivity contribution in [2.45, 2.75) is 17.7 Å². The lowest BCUT2D eigenvalue weighted by Gasteiger charge is -2.26. The number of rotatable bonds is 6. The number of carbonyl (C=O) groups is 2. The molecule has 12 heteroatoms. The summed E-state index contributed by atoms with van der Waals surface area (Å²) in [5.41, 5.74) is 5.60. The highest BCUT2D eigenvalue weighted by molar-refractivity contribution is 7.92. The number of quaternary nitrogens is 1. The molecule has 2 N–H and O–H groups in total. The summed E-state index contributed by atoms with van der Waals surface area (Å²) in [5.74, 6) is -2.10. The number of nitro groups is 1. The SMILES string of the molecule is CCOc1ccccc1C1C(=O)[N+](C(N)=O)(S(=O)(=O)c2ccc([N+](=O)[O-])cc2)c2ccc(C#N)cc21. The quantitative estimate of drug-likeness (QED) is 0.301. The van der Waals surface area contributed by atoms with Crippen LogP contribution in [0.25, 0.3) is 0 Å². The second kappa shape index (κ2) is 8.88. The molecule has 1 heterocycles. The minimum atomic E-state index is -4.92. The number of nitrogens with zero attached hydrogens (tertiary/aromatic N) is 3. The van der Waals surface area contributed by atoms with Gasteiger partial charge in [0.15, 0.2) is 5.69 Å². The van der Waals surface area contributed by atoms with Gasteiger partial charge in [0.2, 0.25) is 0 Å². The average molecular weight is 508 g/mol. The van der Waals surface area contributed by atoms with Gasteiger partial charge in [-0.15, -0.1) is 0 Å². The van der Waals surface area contributed by atoms with Gasteiger partial charge in [-0.2, -0.15) is 13.7 Å². The number of urea groups is 1. The first-order chi connectivity index (χ1) is 17.1. The van der Waals surface area contributed by atoms with Crippen LogP contribution < -0.4 is 14.4 Å². The molecule has 182 valence electrons. The van der Waals surface area contributed by atoms with E-state index in [0.717, 1.165) is 24.3 Å². The fourth-order valence-electron chi connectivity index (χ4n) is 4.37. The molecule has 0 spiro atoms. The number of hydrogen-bond acceptors (Lipinski definition) is 8. The molecule has 36 heavy (non-hydrogen) atoms. The van der Waals surface area contributed by atoms with Crippen molar-refractivity contribution in [3.8, 4) is 11.8 Å². The molecule has 3 aromatic rings. The van der Waals surface area contributed by atoms with E-state index in [4.69, 9.17) is 10.5 Å². The zero-order valence-corrected chi connectivity index (χ0v) is 19.6. The van der Waals surface area contributed by atoms with Gasteiger partial charge in [0.1, 0.15) is 16.6 Å². The van der Waals surface area contributed by atoms with Crippen LogP contribution in [-0.4, -0.2) is 31.9 Å². The van der Waals surface area contributed by atoms with E-state index in [1.54, 1.807) is 31.2 Å². The number of benzene rings is 3. The maximum absolute atomic E-state index is 14.1. The van der Waals surface area contributed by atoms with Gasteiger partial charge in [-0.1, -0.05) is 18.2 Å². The van der Waals surface area contributed by atoms with Crippen molar-refractivity contribution < 1.29 is 27.7 Å². The van der Waals surface area contributed by atoms with Crippen LogP contribution in [0.2, 0.25) is 0 Å². The molecule has 0 aromatic heterocycles. The van der Waals surface area contributed by atoms with E-state index in [1.807, 2.05) is 6.07 Å². The molecule has 1 aliphatic heterocycles. The van der Waals surface area contributed by atoms with E-state index >= 15 is 0 Å². The molecule has 0 bridgehead atoms. The van der Waals surface area contributed by atoms with Crippen LogP contribution in [0.15, 0.2) is 71.6 Å². The van der Waals surface area contributed by atoms with Crippen molar-refractivity contribution in [2.24, 2.45) is 5.73 Å². The zero-order chi connectivity index (χ0) is 26.3. The molecule has 1 aliphatic rings. The van der Waals surface area contributed by atoms with Gasteiger partial charge in [-0.05, 0) is 41.1 Å². The molecule has 11 nitrogen and oxygen atoms in total. The summed E-state index contributed by atoms with van der Waals surface area (Å²) in [5, 5.41) is 20.5. The fraction of sp³-hybridized carbons (Fsp3) is 0.125. The maximum Gasteiger partial charge on any atom is 0.442 e. The largest absolute Gasteiger partial charge is 0.494 e. The number of nitrogens with two attached hydrogens (primary N) is 1. The van der Waals surface area contributed by atoms with E-state index in [0.29, 0.717) is 11.3 Å². The van der Waals surface area contributed by atoms with Gasteiger partial charge < -0.3 is 10.5 Å². The number of imide groups is 1. The molecule has 0 saturated carbocycles. The number of para-hydroxylation sites is 1. The van der Waals surface area contributed by atoms with E-state index in [1.165, 1.54) is 18.2 Å². The Morgan fingerprint density at radius 2 is 1.81 bits per heavy atom. The van der Waals surface area contributed by atoms with Crippen LogP contribution in [0, 0.1) is 21.4 Å². The Morgan fingerprint density at radius 3 is 2.39 bits per heavy atom. The Labute approximate surface area is 205 Å². The van der Waals surface area contributed by atoms with Crippen molar-refractivity contribution in [3.05, 3.63) is 93.5 Å². The van der Waals surface area contributed by atoms with Crippen LogP contribution in [-0.2, 0) is 14.8 Å². The highest BCUT2D eigenvalue weighted by atomic mass is 32.2. The second-order valence-electron chi connectivity index (χ2n) is 7.80. The molecule has 0 fully saturated rings. The van der Waals surface area contributed by atoms with Gasteiger partial charge >= 0.3 is 22.0 Å². The van der Waals surface area contributed by atoms with Crippen LogP contribution in [0.1, 0.15) is 29.5 Å². The highest BCUT2D eigenvalue weighted by Gasteiger charge is 2.67. The number of non-ortho nitro benzene ring substituents is 1. The van der Waals surface area contributed by atoms with Crippen LogP contribution in [0.4, 0.5) is 16.2 Å². The second-order valence-corrected chi connectivity index (χ2v) is 9.77. The fourth-order valence-corrected chi connectivity index (χ4v) is 6.17. The number of hydrogen-bond donors (Lipinski definition) is 1. The number of fused-ring (bicyclic) bond motifs is 1. The van der Waals surface area contributed by atoms with E-state index in [2.05, 4.69) is 0 Å². The topological polar surface area (TPSA) is 170 Å². The summed E-state index contributed by atoms with van der Waals surface area (Å²) in [6.45, 7) is 1.98. The maximum atomic E-state index is 14.1. The molecule has 0 radical (unpaired) electrons. The van der Waals surface area contributed by atoms with Gasteiger partial charge in [0.25, 0.3) is 5.69 Å². The first-order valence-electron chi connectivity index (χ1n) is 10.6. The van der Waals surface area contributed by atoms with E-state index in [9.17, 15) is 33.4 Å². The number of primary amides is 1. The number of carbonyl (C=O) groups excluding carboxylic acids is 2. The summed E-state index contributed by atoms with van der Waals surface area (Å²) < 4.78 is 31.7. The lowest BCUT2D eigenvalue weighted by molar-refractivity contribution is -0.384. The standard InChI is InChI=1S/C24H18N4O7S/c1-2-35-21-6-4-3-5-18(21)22-19-13-15(14-25)7-12-20(19)28(23(22)29,24(26)30)36(33,34)17-10-8-16(9-11-17)27(31)32/h3-13,22H,2H2,1H3,(H-,26,30)/p+1. The van der Waals surface area contributed by atoms with Crippen molar-refractivity contribution >= 4 is 33.3 Å². The minimum absolute atomic E-state index is 0.107. The third-order valence-corrected chi connectivity index (χ3v) is 8.06. The molecular weight excluding hydrogens is 488 g/mol. The average Bonchev–Trinajstić information content (AvgIpc) is 3.13. The number of ether oxygens (including phenoxy) is 1. The third kappa shape index (κ3) is 3.41. The minimum Gasteiger partial charge on any atom is -0.494 e. The molecule has 2 atom stereocenters. The predicted molar refractivity (Wildman–Crippen MR) is 127 cm³/mol. The van der Waals surface area contributed by atoms with Crippen molar-refractivity contribution in [2.75, 3.05) is 6.61 Å². The molecule has 3 amide bonds. The molecule has 4 rings (SSSR count). The summed E-state index contributed by atoms with van der Waals surface area (Å²) in [7, 11) is -4.92. The monoisotopic (exact) mass is 507 g/mol. The van der Waals surface area contributed by atoms with Crippen molar-refractivity contribution in [3.63, 3.8) is 0 Å².